The largest absolute Gasteiger partial charge is 0.296 e. The highest BCUT2D eigenvalue weighted by molar-refractivity contribution is 6.30. The van der Waals surface area contributed by atoms with Crippen LogP contribution in [0, 0.1) is 0 Å². The second kappa shape index (κ2) is 6.27. The minimum atomic E-state index is 0.0465. The first-order chi connectivity index (χ1) is 8.58. The van der Waals surface area contributed by atoms with Gasteiger partial charge in [-0.2, -0.15) is 0 Å². The SMILES string of the molecule is CC1CCCC(C)N1CC(Cl)c1ccc(Cl)cc1. The van der Waals surface area contributed by atoms with Gasteiger partial charge in [-0.3, -0.25) is 4.90 Å². The van der Waals surface area contributed by atoms with Gasteiger partial charge in [0, 0.05) is 23.7 Å². The molecule has 1 aliphatic heterocycles. The summed E-state index contributed by atoms with van der Waals surface area (Å²) in [6, 6.07) is 9.16. The number of hydrogen-bond acceptors (Lipinski definition) is 1. The van der Waals surface area contributed by atoms with E-state index >= 15 is 0 Å². The van der Waals surface area contributed by atoms with Crippen LogP contribution in [0.4, 0.5) is 0 Å². The highest BCUT2D eigenvalue weighted by Gasteiger charge is 2.26. The standard InChI is InChI=1S/C15H21Cl2N/c1-11-4-3-5-12(2)18(11)10-15(17)13-6-8-14(16)9-7-13/h6-9,11-12,15H,3-5,10H2,1-2H3. The molecular formula is C15H21Cl2N. The maximum atomic E-state index is 6.54. The van der Waals surface area contributed by atoms with Crippen molar-refractivity contribution in [1.29, 1.82) is 0 Å². The number of likely N-dealkylation sites (tertiary alicyclic amines) is 1. The van der Waals surface area contributed by atoms with E-state index < -0.39 is 0 Å². The van der Waals surface area contributed by atoms with Crippen LogP contribution in [0.25, 0.3) is 0 Å². The predicted molar refractivity (Wildman–Crippen MR) is 79.5 cm³/mol. The van der Waals surface area contributed by atoms with Gasteiger partial charge in [-0.25, -0.2) is 0 Å². The van der Waals surface area contributed by atoms with Crippen molar-refractivity contribution in [2.24, 2.45) is 0 Å². The molecule has 1 aliphatic rings. The lowest BCUT2D eigenvalue weighted by molar-refractivity contribution is 0.103. The zero-order chi connectivity index (χ0) is 13.1. The first kappa shape index (κ1) is 14.2. The van der Waals surface area contributed by atoms with Crippen molar-refractivity contribution in [1.82, 2.24) is 4.90 Å². The van der Waals surface area contributed by atoms with E-state index in [-0.39, 0.29) is 5.38 Å². The van der Waals surface area contributed by atoms with E-state index in [9.17, 15) is 0 Å². The lowest BCUT2D eigenvalue weighted by Gasteiger charge is -2.40. The Morgan fingerprint density at radius 2 is 1.72 bits per heavy atom. The number of piperidine rings is 1. The van der Waals surface area contributed by atoms with E-state index in [4.69, 9.17) is 23.2 Å². The van der Waals surface area contributed by atoms with Gasteiger partial charge in [0.15, 0.2) is 0 Å². The molecule has 0 radical (unpaired) electrons. The second-order valence-electron chi connectivity index (χ2n) is 5.34. The highest BCUT2D eigenvalue weighted by atomic mass is 35.5. The fraction of sp³-hybridized carbons (Fsp3) is 0.600. The Balaban J connectivity index is 2.01. The van der Waals surface area contributed by atoms with Crippen molar-refractivity contribution in [3.8, 4) is 0 Å². The van der Waals surface area contributed by atoms with E-state index in [0.717, 1.165) is 17.1 Å². The van der Waals surface area contributed by atoms with Gasteiger partial charge in [0.1, 0.15) is 0 Å². The molecule has 3 heteroatoms. The number of alkyl halides is 1. The molecule has 0 aliphatic carbocycles. The Kier molecular flexibility index (Phi) is 4.94. The number of benzene rings is 1. The first-order valence-corrected chi connectivity index (χ1v) is 7.54. The number of halogens is 2. The Morgan fingerprint density at radius 3 is 2.28 bits per heavy atom. The van der Waals surface area contributed by atoms with E-state index in [1.165, 1.54) is 19.3 Å². The van der Waals surface area contributed by atoms with Gasteiger partial charge in [-0.1, -0.05) is 30.2 Å². The summed E-state index contributed by atoms with van der Waals surface area (Å²) in [6.45, 7) is 5.54. The van der Waals surface area contributed by atoms with Gasteiger partial charge in [0.2, 0.25) is 0 Å². The van der Waals surface area contributed by atoms with E-state index in [1.54, 1.807) is 0 Å². The molecular weight excluding hydrogens is 265 g/mol. The lowest BCUT2D eigenvalue weighted by atomic mass is 9.97. The van der Waals surface area contributed by atoms with Crippen molar-refractivity contribution in [2.75, 3.05) is 6.54 Å². The van der Waals surface area contributed by atoms with Gasteiger partial charge < -0.3 is 0 Å². The van der Waals surface area contributed by atoms with Crippen LogP contribution < -0.4 is 0 Å². The molecule has 1 aromatic carbocycles. The van der Waals surface area contributed by atoms with Crippen LogP contribution >= 0.6 is 23.2 Å². The molecule has 0 aromatic heterocycles. The third-order valence-electron chi connectivity index (χ3n) is 3.98. The molecule has 2 rings (SSSR count). The Bertz CT molecular complexity index is 367. The monoisotopic (exact) mass is 285 g/mol. The molecule has 1 heterocycles. The van der Waals surface area contributed by atoms with E-state index in [0.29, 0.717) is 12.1 Å². The summed E-state index contributed by atoms with van der Waals surface area (Å²) >= 11 is 12.4. The van der Waals surface area contributed by atoms with Crippen LogP contribution in [-0.4, -0.2) is 23.5 Å². The first-order valence-electron chi connectivity index (χ1n) is 6.73. The second-order valence-corrected chi connectivity index (χ2v) is 6.31. The van der Waals surface area contributed by atoms with Gasteiger partial charge in [0.05, 0.1) is 5.38 Å². The molecule has 1 aromatic rings. The van der Waals surface area contributed by atoms with Crippen LogP contribution in [0.15, 0.2) is 24.3 Å². The summed E-state index contributed by atoms with van der Waals surface area (Å²) in [4.78, 5) is 2.54. The number of rotatable bonds is 3. The molecule has 3 atom stereocenters. The zero-order valence-electron chi connectivity index (χ0n) is 11.1. The van der Waals surface area contributed by atoms with Crippen molar-refractivity contribution >= 4 is 23.2 Å². The van der Waals surface area contributed by atoms with Gasteiger partial charge in [-0.15, -0.1) is 11.6 Å². The van der Waals surface area contributed by atoms with Crippen molar-refractivity contribution < 1.29 is 0 Å². The molecule has 0 saturated carbocycles. The fourth-order valence-corrected chi connectivity index (χ4v) is 3.23. The topological polar surface area (TPSA) is 3.24 Å². The van der Waals surface area contributed by atoms with Crippen LogP contribution in [0.3, 0.4) is 0 Å². The van der Waals surface area contributed by atoms with Crippen LogP contribution in [0.1, 0.15) is 44.1 Å². The molecule has 1 nitrogen and oxygen atoms in total. The Morgan fingerprint density at radius 1 is 1.17 bits per heavy atom. The normalized spacial score (nSPS) is 27.1. The Labute approximate surface area is 120 Å². The molecule has 3 unspecified atom stereocenters. The third-order valence-corrected chi connectivity index (χ3v) is 4.62. The van der Waals surface area contributed by atoms with Gasteiger partial charge in [0.25, 0.3) is 0 Å². The zero-order valence-corrected chi connectivity index (χ0v) is 12.6. The minimum Gasteiger partial charge on any atom is -0.296 e. The molecule has 1 fully saturated rings. The summed E-state index contributed by atoms with van der Waals surface area (Å²) in [5.74, 6) is 0. The maximum absolute atomic E-state index is 6.54. The summed E-state index contributed by atoms with van der Waals surface area (Å²) in [5, 5.41) is 0.813. The van der Waals surface area contributed by atoms with Crippen LogP contribution in [0.5, 0.6) is 0 Å². The van der Waals surface area contributed by atoms with E-state index in [1.807, 2.05) is 24.3 Å². The summed E-state index contributed by atoms with van der Waals surface area (Å²) in [6.07, 6.45) is 3.91. The molecule has 0 N–H and O–H groups in total. The highest BCUT2D eigenvalue weighted by Crippen LogP contribution is 2.29. The third kappa shape index (κ3) is 3.40. The van der Waals surface area contributed by atoms with Crippen LogP contribution in [-0.2, 0) is 0 Å². The average molecular weight is 286 g/mol. The average Bonchev–Trinajstić information content (AvgIpc) is 2.34. The molecule has 0 amide bonds. The molecule has 1 saturated heterocycles. The van der Waals surface area contributed by atoms with Gasteiger partial charge in [-0.05, 0) is 44.4 Å². The Hall–Kier alpha value is -0.240. The van der Waals surface area contributed by atoms with Crippen molar-refractivity contribution in [3.63, 3.8) is 0 Å². The van der Waals surface area contributed by atoms with Crippen molar-refractivity contribution in [3.05, 3.63) is 34.9 Å². The minimum absolute atomic E-state index is 0.0465. The smallest absolute Gasteiger partial charge is 0.0712 e. The molecule has 18 heavy (non-hydrogen) atoms. The van der Waals surface area contributed by atoms with Crippen molar-refractivity contribution in [2.45, 2.75) is 50.6 Å². The summed E-state index contributed by atoms with van der Waals surface area (Å²) < 4.78 is 0. The number of hydrogen-bond donors (Lipinski definition) is 0. The summed E-state index contributed by atoms with van der Waals surface area (Å²) in [5.41, 5.74) is 1.16. The predicted octanol–water partition coefficient (Wildman–Crippen LogP) is 4.88. The maximum Gasteiger partial charge on any atom is 0.0712 e. The summed E-state index contributed by atoms with van der Waals surface area (Å²) in [7, 11) is 0. The quantitative estimate of drug-likeness (QED) is 0.716. The van der Waals surface area contributed by atoms with Crippen LogP contribution in [0.2, 0.25) is 5.02 Å². The number of nitrogens with zero attached hydrogens (tertiary/aromatic N) is 1. The molecule has 0 spiro atoms. The van der Waals surface area contributed by atoms with E-state index in [2.05, 4.69) is 18.7 Å². The molecule has 0 bridgehead atoms. The lowest BCUT2D eigenvalue weighted by Crippen LogP contribution is -2.45. The molecule has 100 valence electrons. The fourth-order valence-electron chi connectivity index (χ4n) is 2.80. The van der Waals surface area contributed by atoms with Gasteiger partial charge >= 0.3 is 0 Å².